The van der Waals surface area contributed by atoms with Crippen molar-refractivity contribution in [3.05, 3.63) is 90.3 Å². The Balaban J connectivity index is 1.39. The SMILES string of the molecule is C=CCn1c(SCC(=O)NC(C)c2ccccc2)nnc1C1CC1c1ccccc1. The first-order chi connectivity index (χ1) is 14.7. The highest BCUT2D eigenvalue weighted by Crippen LogP contribution is 2.54. The van der Waals surface area contributed by atoms with Gasteiger partial charge >= 0.3 is 0 Å². The maximum absolute atomic E-state index is 12.4. The van der Waals surface area contributed by atoms with Gasteiger partial charge in [-0.05, 0) is 30.4 Å². The van der Waals surface area contributed by atoms with E-state index in [-0.39, 0.29) is 11.9 Å². The van der Waals surface area contributed by atoms with E-state index in [4.69, 9.17) is 0 Å². The van der Waals surface area contributed by atoms with Crippen LogP contribution < -0.4 is 5.32 Å². The molecular formula is C24H26N4OS. The van der Waals surface area contributed by atoms with Crippen molar-refractivity contribution in [1.29, 1.82) is 0 Å². The van der Waals surface area contributed by atoms with Gasteiger partial charge in [0.1, 0.15) is 5.82 Å². The van der Waals surface area contributed by atoms with Crippen LogP contribution in [0.25, 0.3) is 0 Å². The number of carbonyl (C=O) groups excluding carboxylic acids is 1. The van der Waals surface area contributed by atoms with Crippen molar-refractivity contribution in [3.63, 3.8) is 0 Å². The first-order valence-corrected chi connectivity index (χ1v) is 11.2. The van der Waals surface area contributed by atoms with E-state index < -0.39 is 0 Å². The van der Waals surface area contributed by atoms with E-state index in [9.17, 15) is 4.79 Å². The lowest BCUT2D eigenvalue weighted by Gasteiger charge is -2.14. The molecule has 3 aromatic rings. The predicted octanol–water partition coefficient (Wildman–Crippen LogP) is 4.70. The maximum Gasteiger partial charge on any atom is 0.230 e. The summed E-state index contributed by atoms with van der Waals surface area (Å²) in [6, 6.07) is 20.5. The molecule has 1 fully saturated rings. The molecule has 5 nitrogen and oxygen atoms in total. The molecule has 0 bridgehead atoms. The summed E-state index contributed by atoms with van der Waals surface area (Å²) in [5.74, 6) is 2.15. The Kier molecular flexibility index (Phi) is 6.33. The van der Waals surface area contributed by atoms with Crippen LogP contribution in [0.4, 0.5) is 0 Å². The third-order valence-corrected chi connectivity index (χ3v) is 6.38. The zero-order valence-corrected chi connectivity index (χ0v) is 17.9. The highest BCUT2D eigenvalue weighted by molar-refractivity contribution is 7.99. The molecule has 30 heavy (non-hydrogen) atoms. The zero-order valence-electron chi connectivity index (χ0n) is 17.1. The number of rotatable bonds is 9. The van der Waals surface area contributed by atoms with Gasteiger partial charge in [-0.1, -0.05) is 78.5 Å². The quantitative estimate of drug-likeness (QED) is 0.404. The van der Waals surface area contributed by atoms with E-state index in [0.29, 0.717) is 24.1 Å². The van der Waals surface area contributed by atoms with Gasteiger partial charge in [-0.2, -0.15) is 0 Å². The van der Waals surface area contributed by atoms with Crippen molar-refractivity contribution in [2.45, 2.75) is 42.9 Å². The molecule has 1 aliphatic rings. The van der Waals surface area contributed by atoms with E-state index in [1.807, 2.05) is 49.4 Å². The summed E-state index contributed by atoms with van der Waals surface area (Å²) in [5.41, 5.74) is 2.44. The van der Waals surface area contributed by atoms with E-state index in [1.165, 1.54) is 17.3 Å². The standard InChI is InChI=1S/C24H26N4OS/c1-3-14-28-23(21-15-20(21)19-12-8-5-9-13-19)26-27-24(28)30-16-22(29)25-17(2)18-10-6-4-7-11-18/h3-13,17,20-21H,1,14-16H2,2H3,(H,25,29). The van der Waals surface area contributed by atoms with Crippen LogP contribution in [0.2, 0.25) is 0 Å². The van der Waals surface area contributed by atoms with Gasteiger partial charge < -0.3 is 9.88 Å². The van der Waals surface area contributed by atoms with Crippen LogP contribution in [0.1, 0.15) is 48.2 Å². The highest BCUT2D eigenvalue weighted by atomic mass is 32.2. The van der Waals surface area contributed by atoms with Gasteiger partial charge in [0, 0.05) is 12.5 Å². The average Bonchev–Trinajstić information content (AvgIpc) is 3.48. The lowest BCUT2D eigenvalue weighted by molar-refractivity contribution is -0.119. The Morgan fingerprint density at radius 1 is 1.17 bits per heavy atom. The monoisotopic (exact) mass is 418 g/mol. The van der Waals surface area contributed by atoms with Crippen LogP contribution in [0.3, 0.4) is 0 Å². The predicted molar refractivity (Wildman–Crippen MR) is 120 cm³/mol. The van der Waals surface area contributed by atoms with Gasteiger partial charge in [-0.25, -0.2) is 0 Å². The maximum atomic E-state index is 12.4. The second-order valence-electron chi connectivity index (χ2n) is 7.59. The number of carbonyl (C=O) groups is 1. The summed E-state index contributed by atoms with van der Waals surface area (Å²) in [7, 11) is 0. The summed E-state index contributed by atoms with van der Waals surface area (Å²) in [6.07, 6.45) is 2.94. The van der Waals surface area contributed by atoms with Gasteiger partial charge in [-0.15, -0.1) is 16.8 Å². The minimum Gasteiger partial charge on any atom is -0.349 e. The fourth-order valence-electron chi connectivity index (χ4n) is 3.77. The minimum absolute atomic E-state index is 0.0142. The second kappa shape index (κ2) is 9.30. The summed E-state index contributed by atoms with van der Waals surface area (Å²) >= 11 is 1.42. The molecule has 1 heterocycles. The number of aromatic nitrogens is 3. The Hall–Kier alpha value is -2.86. The first-order valence-electron chi connectivity index (χ1n) is 10.2. The van der Waals surface area contributed by atoms with Crippen molar-refractivity contribution >= 4 is 17.7 Å². The van der Waals surface area contributed by atoms with Crippen molar-refractivity contribution in [1.82, 2.24) is 20.1 Å². The molecule has 0 saturated heterocycles. The number of benzene rings is 2. The van der Waals surface area contributed by atoms with Crippen LogP contribution >= 0.6 is 11.8 Å². The Morgan fingerprint density at radius 3 is 2.57 bits per heavy atom. The first kappa shape index (κ1) is 20.4. The number of hydrogen-bond donors (Lipinski definition) is 1. The molecule has 3 unspecified atom stereocenters. The van der Waals surface area contributed by atoms with Gasteiger partial charge in [0.05, 0.1) is 11.8 Å². The number of nitrogens with one attached hydrogen (secondary N) is 1. The summed E-state index contributed by atoms with van der Waals surface area (Å²) in [6.45, 7) is 6.51. The van der Waals surface area contributed by atoms with E-state index >= 15 is 0 Å². The summed E-state index contributed by atoms with van der Waals surface area (Å²) in [4.78, 5) is 12.4. The molecule has 1 aliphatic carbocycles. The van der Waals surface area contributed by atoms with Gasteiger partial charge in [0.15, 0.2) is 5.16 Å². The van der Waals surface area contributed by atoms with E-state index in [0.717, 1.165) is 23.0 Å². The van der Waals surface area contributed by atoms with Gasteiger partial charge in [-0.3, -0.25) is 4.79 Å². The van der Waals surface area contributed by atoms with Gasteiger partial charge in [0.2, 0.25) is 5.91 Å². The smallest absolute Gasteiger partial charge is 0.230 e. The molecule has 2 aromatic carbocycles. The molecule has 1 aromatic heterocycles. The summed E-state index contributed by atoms with van der Waals surface area (Å²) in [5, 5.41) is 12.7. The molecule has 0 spiro atoms. The average molecular weight is 419 g/mol. The van der Waals surface area contributed by atoms with Gasteiger partial charge in [0.25, 0.3) is 0 Å². The third kappa shape index (κ3) is 4.65. The molecule has 1 amide bonds. The molecular weight excluding hydrogens is 392 g/mol. The van der Waals surface area contributed by atoms with Crippen LogP contribution in [-0.2, 0) is 11.3 Å². The Bertz CT molecular complexity index is 1000. The van der Waals surface area contributed by atoms with Crippen molar-refractivity contribution in [2.24, 2.45) is 0 Å². The second-order valence-corrected chi connectivity index (χ2v) is 8.53. The third-order valence-electron chi connectivity index (χ3n) is 5.42. The number of hydrogen-bond acceptors (Lipinski definition) is 4. The Morgan fingerprint density at radius 2 is 1.87 bits per heavy atom. The fraction of sp³-hybridized carbons (Fsp3) is 0.292. The summed E-state index contributed by atoms with van der Waals surface area (Å²) < 4.78 is 2.10. The zero-order chi connectivity index (χ0) is 20.9. The molecule has 1 saturated carbocycles. The number of thioether (sulfide) groups is 1. The van der Waals surface area contributed by atoms with Crippen molar-refractivity contribution in [2.75, 3.05) is 5.75 Å². The number of amides is 1. The molecule has 1 N–H and O–H groups in total. The number of allylic oxidation sites excluding steroid dienone is 1. The molecule has 6 heteroatoms. The molecule has 3 atom stereocenters. The lowest BCUT2D eigenvalue weighted by Crippen LogP contribution is -2.28. The van der Waals surface area contributed by atoms with Crippen LogP contribution in [0, 0.1) is 0 Å². The van der Waals surface area contributed by atoms with E-state index in [2.05, 4.69) is 50.9 Å². The largest absolute Gasteiger partial charge is 0.349 e. The molecule has 0 aliphatic heterocycles. The molecule has 0 radical (unpaired) electrons. The Labute approximate surface area is 181 Å². The minimum atomic E-state index is -0.0287. The topological polar surface area (TPSA) is 59.8 Å². The fourth-order valence-corrected chi connectivity index (χ4v) is 4.54. The van der Waals surface area contributed by atoms with Crippen LogP contribution in [0.5, 0.6) is 0 Å². The van der Waals surface area contributed by atoms with Crippen molar-refractivity contribution in [3.8, 4) is 0 Å². The normalized spacial score (nSPS) is 18.6. The van der Waals surface area contributed by atoms with Crippen LogP contribution in [0.15, 0.2) is 78.5 Å². The molecule has 4 rings (SSSR count). The lowest BCUT2D eigenvalue weighted by atomic mass is 10.1. The highest BCUT2D eigenvalue weighted by Gasteiger charge is 2.43. The van der Waals surface area contributed by atoms with E-state index in [1.54, 1.807) is 0 Å². The molecule has 154 valence electrons. The number of nitrogens with zero attached hydrogens (tertiary/aromatic N) is 3. The van der Waals surface area contributed by atoms with Crippen molar-refractivity contribution < 1.29 is 4.79 Å². The van der Waals surface area contributed by atoms with Crippen LogP contribution in [-0.4, -0.2) is 26.4 Å².